The molecule has 0 saturated carbocycles. The predicted octanol–water partition coefficient (Wildman–Crippen LogP) is 2.90. The van der Waals surface area contributed by atoms with Crippen LogP contribution in [0.4, 0.5) is 0 Å². The van der Waals surface area contributed by atoms with Gasteiger partial charge in [-0.1, -0.05) is 23.7 Å². The lowest BCUT2D eigenvalue weighted by Gasteiger charge is -2.15. The molecule has 5 nitrogen and oxygen atoms in total. The van der Waals surface area contributed by atoms with E-state index in [-0.39, 0.29) is 17.5 Å². The number of ether oxygens (including phenoxy) is 1. The van der Waals surface area contributed by atoms with Crippen LogP contribution < -0.4 is 10.9 Å². The maximum Gasteiger partial charge on any atom is 0.252 e. The summed E-state index contributed by atoms with van der Waals surface area (Å²) in [5.74, 6) is -0.209. The monoisotopic (exact) mass is 362 g/mol. The van der Waals surface area contributed by atoms with Crippen molar-refractivity contribution in [2.75, 3.05) is 13.2 Å². The van der Waals surface area contributed by atoms with Gasteiger partial charge in [0.2, 0.25) is 0 Å². The van der Waals surface area contributed by atoms with Gasteiger partial charge in [-0.2, -0.15) is 0 Å². The van der Waals surface area contributed by atoms with Crippen LogP contribution in [0.2, 0.25) is 5.02 Å². The van der Waals surface area contributed by atoms with E-state index >= 15 is 0 Å². The van der Waals surface area contributed by atoms with Crippen LogP contribution in [0, 0.1) is 0 Å². The molecule has 1 heterocycles. The number of carbonyl (C=O) groups is 1. The van der Waals surface area contributed by atoms with Crippen molar-refractivity contribution in [1.29, 1.82) is 0 Å². The summed E-state index contributed by atoms with van der Waals surface area (Å²) in [6, 6.07) is 10.5. The van der Waals surface area contributed by atoms with E-state index in [1.54, 1.807) is 12.3 Å². The maximum atomic E-state index is 12.4. The van der Waals surface area contributed by atoms with E-state index < -0.39 is 0 Å². The summed E-state index contributed by atoms with van der Waals surface area (Å²) in [5, 5.41) is 3.63. The Morgan fingerprint density at radius 2 is 2.12 bits per heavy atom. The summed E-state index contributed by atoms with van der Waals surface area (Å²) in [6.07, 6.45) is 2.25. The number of amides is 1. The molecule has 1 aromatic heterocycles. The van der Waals surface area contributed by atoms with E-state index in [0.717, 1.165) is 5.56 Å². The molecular weight excluding hydrogens is 340 g/mol. The average molecular weight is 363 g/mol. The van der Waals surface area contributed by atoms with Crippen LogP contribution in [0.3, 0.4) is 0 Å². The van der Waals surface area contributed by atoms with Crippen molar-refractivity contribution >= 4 is 17.5 Å². The Hall–Kier alpha value is -2.11. The first-order chi connectivity index (χ1) is 12.0. The van der Waals surface area contributed by atoms with Gasteiger partial charge < -0.3 is 14.6 Å². The van der Waals surface area contributed by atoms with Crippen molar-refractivity contribution in [3.05, 3.63) is 69.1 Å². The normalized spacial score (nSPS) is 12.0. The molecule has 2 aromatic rings. The molecule has 6 heteroatoms. The topological polar surface area (TPSA) is 60.3 Å². The number of carbonyl (C=O) groups excluding carboxylic acids is 1. The maximum absolute atomic E-state index is 12.4. The molecule has 2 rings (SSSR count). The number of halogens is 1. The van der Waals surface area contributed by atoms with Gasteiger partial charge in [0.25, 0.3) is 11.5 Å². The van der Waals surface area contributed by atoms with Crippen molar-refractivity contribution in [2.45, 2.75) is 32.9 Å². The van der Waals surface area contributed by atoms with Gasteiger partial charge in [0, 0.05) is 36.5 Å². The second-order valence-corrected chi connectivity index (χ2v) is 6.29. The zero-order chi connectivity index (χ0) is 18.2. The smallest absolute Gasteiger partial charge is 0.252 e. The predicted molar refractivity (Wildman–Crippen MR) is 99.3 cm³/mol. The highest BCUT2D eigenvalue weighted by atomic mass is 35.5. The average Bonchev–Trinajstić information content (AvgIpc) is 2.56. The molecule has 134 valence electrons. The first-order valence-corrected chi connectivity index (χ1v) is 8.71. The Bertz CT molecular complexity index is 773. The molecule has 0 spiro atoms. The molecular formula is C19H23ClN2O3. The highest BCUT2D eigenvalue weighted by Gasteiger charge is 2.12. The second-order valence-electron chi connectivity index (χ2n) is 5.85. The fourth-order valence-corrected chi connectivity index (χ4v) is 2.74. The third kappa shape index (κ3) is 6.03. The van der Waals surface area contributed by atoms with Crippen LogP contribution in [0.5, 0.6) is 0 Å². The Morgan fingerprint density at radius 3 is 2.84 bits per heavy atom. The van der Waals surface area contributed by atoms with E-state index in [9.17, 15) is 9.59 Å². The third-order valence-corrected chi connectivity index (χ3v) is 3.97. The molecule has 0 aliphatic carbocycles. The van der Waals surface area contributed by atoms with Crippen LogP contribution in [0.1, 0.15) is 29.8 Å². The number of hydrogen-bond donors (Lipinski definition) is 1. The molecule has 1 unspecified atom stereocenters. The quantitative estimate of drug-likeness (QED) is 0.734. The Labute approximate surface area is 152 Å². The van der Waals surface area contributed by atoms with Crippen LogP contribution in [0.15, 0.2) is 47.4 Å². The number of hydrogen-bond acceptors (Lipinski definition) is 3. The second kappa shape index (κ2) is 9.39. The van der Waals surface area contributed by atoms with Gasteiger partial charge in [0.05, 0.1) is 12.2 Å². The third-order valence-electron chi connectivity index (χ3n) is 3.73. The lowest BCUT2D eigenvalue weighted by atomic mass is 10.1. The summed E-state index contributed by atoms with van der Waals surface area (Å²) in [4.78, 5) is 24.3. The zero-order valence-corrected chi connectivity index (χ0v) is 15.3. The summed E-state index contributed by atoms with van der Waals surface area (Å²) in [7, 11) is 0. The minimum absolute atomic E-state index is 0.0604. The number of nitrogens with one attached hydrogen (secondary N) is 1. The molecule has 1 atom stereocenters. The molecule has 25 heavy (non-hydrogen) atoms. The number of rotatable bonds is 8. The fourth-order valence-electron chi connectivity index (χ4n) is 2.52. The largest absolute Gasteiger partial charge is 0.380 e. The minimum atomic E-state index is -0.209. The molecule has 0 fully saturated rings. The highest BCUT2D eigenvalue weighted by molar-refractivity contribution is 6.30. The Balaban J connectivity index is 1.99. The van der Waals surface area contributed by atoms with Gasteiger partial charge in [0.15, 0.2) is 0 Å². The van der Waals surface area contributed by atoms with Gasteiger partial charge in [-0.3, -0.25) is 9.59 Å². The van der Waals surface area contributed by atoms with Crippen molar-refractivity contribution in [2.24, 2.45) is 0 Å². The standard InChI is InChI=1S/C19H23ClN2O3/c1-3-25-10-9-22-13-16(7-8-18(22)23)19(24)21-14(2)11-15-5-4-6-17(20)12-15/h4-8,12-14H,3,9-11H2,1-2H3,(H,21,24). The molecule has 1 aromatic carbocycles. The molecule has 0 saturated heterocycles. The number of benzene rings is 1. The van der Waals surface area contributed by atoms with Gasteiger partial charge in [-0.15, -0.1) is 0 Å². The van der Waals surface area contributed by atoms with Crippen LogP contribution >= 0.6 is 11.6 Å². The fraction of sp³-hybridized carbons (Fsp3) is 0.368. The lowest BCUT2D eigenvalue weighted by molar-refractivity contribution is 0.0938. The van der Waals surface area contributed by atoms with Crippen molar-refractivity contribution < 1.29 is 9.53 Å². The molecule has 0 radical (unpaired) electrons. The summed E-state index contributed by atoms with van der Waals surface area (Å²) < 4.78 is 6.75. The SMILES string of the molecule is CCOCCn1cc(C(=O)NC(C)Cc2cccc(Cl)c2)ccc1=O. The van der Waals surface area contributed by atoms with E-state index in [1.807, 2.05) is 38.1 Å². The first-order valence-electron chi connectivity index (χ1n) is 8.33. The van der Waals surface area contributed by atoms with E-state index in [0.29, 0.717) is 36.8 Å². The van der Waals surface area contributed by atoms with E-state index in [1.165, 1.54) is 10.6 Å². The van der Waals surface area contributed by atoms with Crippen molar-refractivity contribution in [1.82, 2.24) is 9.88 Å². The van der Waals surface area contributed by atoms with Gasteiger partial charge >= 0.3 is 0 Å². The Kier molecular flexibility index (Phi) is 7.22. The van der Waals surface area contributed by atoms with Crippen LogP contribution in [-0.4, -0.2) is 29.7 Å². The van der Waals surface area contributed by atoms with Gasteiger partial charge in [0.1, 0.15) is 0 Å². The Morgan fingerprint density at radius 1 is 1.32 bits per heavy atom. The number of aromatic nitrogens is 1. The first kappa shape index (κ1) is 19.2. The zero-order valence-electron chi connectivity index (χ0n) is 14.5. The molecule has 0 aliphatic heterocycles. The van der Waals surface area contributed by atoms with Gasteiger partial charge in [-0.05, 0) is 44.0 Å². The molecule has 1 N–H and O–H groups in total. The van der Waals surface area contributed by atoms with E-state index in [2.05, 4.69) is 5.32 Å². The number of pyridine rings is 1. The van der Waals surface area contributed by atoms with Crippen LogP contribution in [-0.2, 0) is 17.7 Å². The lowest BCUT2D eigenvalue weighted by Crippen LogP contribution is -2.35. The van der Waals surface area contributed by atoms with E-state index in [4.69, 9.17) is 16.3 Å². The van der Waals surface area contributed by atoms with Crippen molar-refractivity contribution in [3.63, 3.8) is 0 Å². The molecule has 1 amide bonds. The molecule has 0 bridgehead atoms. The number of nitrogens with zero attached hydrogens (tertiary/aromatic N) is 1. The molecule has 0 aliphatic rings. The summed E-state index contributed by atoms with van der Waals surface area (Å²) in [6.45, 7) is 5.28. The highest BCUT2D eigenvalue weighted by Crippen LogP contribution is 2.12. The summed E-state index contributed by atoms with van der Waals surface area (Å²) >= 11 is 5.98. The van der Waals surface area contributed by atoms with Gasteiger partial charge in [-0.25, -0.2) is 0 Å². The minimum Gasteiger partial charge on any atom is -0.380 e. The van der Waals surface area contributed by atoms with Crippen LogP contribution in [0.25, 0.3) is 0 Å². The summed E-state index contributed by atoms with van der Waals surface area (Å²) in [5.41, 5.74) is 1.36. The van der Waals surface area contributed by atoms with Crippen molar-refractivity contribution in [3.8, 4) is 0 Å².